The van der Waals surface area contributed by atoms with Crippen molar-refractivity contribution in [3.63, 3.8) is 0 Å². The first kappa shape index (κ1) is 13.7. The molecular weight excluding hydrogens is 295 g/mol. The summed E-state index contributed by atoms with van der Waals surface area (Å²) in [5.41, 5.74) is 5.72. The number of anilines is 1. The molecule has 1 saturated heterocycles. The quantitative estimate of drug-likeness (QED) is 0.859. The second-order valence-corrected chi connectivity index (χ2v) is 5.90. The van der Waals surface area contributed by atoms with E-state index in [0.717, 1.165) is 15.3 Å². The maximum absolute atomic E-state index is 13.1. The minimum absolute atomic E-state index is 0.143. The van der Waals surface area contributed by atoms with E-state index >= 15 is 0 Å². The van der Waals surface area contributed by atoms with Crippen LogP contribution in [0.5, 0.6) is 0 Å². The van der Waals surface area contributed by atoms with E-state index in [4.69, 9.17) is 5.73 Å². The lowest BCUT2D eigenvalue weighted by molar-refractivity contribution is -0.128. The Balaban J connectivity index is 1.62. The highest BCUT2D eigenvalue weighted by Crippen LogP contribution is 2.33. The molecule has 0 aliphatic carbocycles. The van der Waals surface area contributed by atoms with Crippen molar-refractivity contribution in [1.29, 1.82) is 0 Å². The number of rotatable bonds is 4. The number of nitrogens with zero attached hydrogens (tertiary/aromatic N) is 2. The van der Waals surface area contributed by atoms with Gasteiger partial charge in [0, 0.05) is 13.1 Å². The van der Waals surface area contributed by atoms with Crippen molar-refractivity contribution in [2.24, 2.45) is 11.7 Å². The summed E-state index contributed by atoms with van der Waals surface area (Å²) in [4.78, 5) is 28.7. The minimum atomic E-state index is -0.562. The van der Waals surface area contributed by atoms with Crippen LogP contribution in [0.15, 0.2) is 18.2 Å². The summed E-state index contributed by atoms with van der Waals surface area (Å²) in [5.74, 6) is -1.21. The number of hydrogen-bond donors (Lipinski definition) is 2. The van der Waals surface area contributed by atoms with Gasteiger partial charge in [0.15, 0.2) is 5.13 Å². The third-order valence-electron chi connectivity index (χ3n) is 3.30. The van der Waals surface area contributed by atoms with Crippen molar-refractivity contribution in [2.75, 3.05) is 24.5 Å². The average molecular weight is 308 g/mol. The molecule has 2 aromatic rings. The first-order chi connectivity index (χ1) is 10.0. The van der Waals surface area contributed by atoms with Crippen molar-refractivity contribution in [2.45, 2.75) is 0 Å². The lowest BCUT2D eigenvalue weighted by atomic mass is 10.0. The second kappa shape index (κ2) is 5.28. The van der Waals surface area contributed by atoms with E-state index in [9.17, 15) is 14.0 Å². The fourth-order valence-corrected chi connectivity index (χ4v) is 3.15. The number of nitrogens with one attached hydrogen (secondary N) is 1. The topological polar surface area (TPSA) is 88.3 Å². The van der Waals surface area contributed by atoms with Crippen LogP contribution in [-0.4, -0.2) is 36.4 Å². The zero-order valence-corrected chi connectivity index (χ0v) is 11.8. The average Bonchev–Trinajstić information content (AvgIpc) is 2.76. The number of fused-ring (bicyclic) bond motifs is 1. The molecule has 21 heavy (non-hydrogen) atoms. The summed E-state index contributed by atoms with van der Waals surface area (Å²) in [5, 5.41) is 3.26. The van der Waals surface area contributed by atoms with E-state index in [1.807, 2.05) is 4.90 Å². The molecule has 1 fully saturated rings. The molecule has 0 bridgehead atoms. The Morgan fingerprint density at radius 2 is 2.24 bits per heavy atom. The van der Waals surface area contributed by atoms with E-state index < -0.39 is 5.91 Å². The first-order valence-electron chi connectivity index (χ1n) is 6.40. The van der Waals surface area contributed by atoms with Crippen molar-refractivity contribution in [3.8, 4) is 0 Å². The summed E-state index contributed by atoms with van der Waals surface area (Å²) in [7, 11) is 0. The molecule has 0 spiro atoms. The highest BCUT2D eigenvalue weighted by molar-refractivity contribution is 7.22. The highest BCUT2D eigenvalue weighted by atomic mass is 32.1. The van der Waals surface area contributed by atoms with Gasteiger partial charge in [-0.15, -0.1) is 0 Å². The van der Waals surface area contributed by atoms with Gasteiger partial charge in [0.2, 0.25) is 11.8 Å². The number of amides is 2. The van der Waals surface area contributed by atoms with Gasteiger partial charge in [0.1, 0.15) is 5.82 Å². The number of nitrogens with two attached hydrogens (primary N) is 1. The van der Waals surface area contributed by atoms with Crippen LogP contribution < -0.4 is 16.0 Å². The minimum Gasteiger partial charge on any atom is -0.368 e. The Morgan fingerprint density at radius 1 is 1.48 bits per heavy atom. The number of thiazole rings is 1. The molecule has 0 saturated carbocycles. The smallest absolute Gasteiger partial charge is 0.236 e. The van der Waals surface area contributed by atoms with Crippen LogP contribution in [0.3, 0.4) is 0 Å². The van der Waals surface area contributed by atoms with Gasteiger partial charge in [-0.3, -0.25) is 9.59 Å². The molecule has 1 aliphatic rings. The van der Waals surface area contributed by atoms with Crippen LogP contribution in [-0.2, 0) is 9.59 Å². The van der Waals surface area contributed by atoms with Crippen LogP contribution in [0.25, 0.3) is 10.2 Å². The van der Waals surface area contributed by atoms with E-state index in [2.05, 4.69) is 10.3 Å². The van der Waals surface area contributed by atoms with E-state index in [1.165, 1.54) is 23.5 Å². The van der Waals surface area contributed by atoms with Gasteiger partial charge in [-0.1, -0.05) is 11.3 Å². The maximum Gasteiger partial charge on any atom is 0.236 e. The number of carbonyl (C=O) groups excluding carboxylic acids is 2. The zero-order chi connectivity index (χ0) is 15.0. The molecule has 3 rings (SSSR count). The summed E-state index contributed by atoms with van der Waals surface area (Å²) in [6.07, 6.45) is 0. The Labute approximate surface area is 123 Å². The Morgan fingerprint density at radius 3 is 2.95 bits per heavy atom. The zero-order valence-electron chi connectivity index (χ0n) is 11.0. The molecule has 2 heterocycles. The summed E-state index contributed by atoms with van der Waals surface area (Å²) in [6, 6.07) is 4.47. The van der Waals surface area contributed by atoms with E-state index in [1.54, 1.807) is 6.07 Å². The lowest BCUT2D eigenvalue weighted by Crippen LogP contribution is -2.54. The fraction of sp³-hybridized carbons (Fsp3) is 0.308. The molecular formula is C13H13FN4O2S. The lowest BCUT2D eigenvalue weighted by Gasteiger charge is -2.37. The molecule has 0 atom stereocenters. The van der Waals surface area contributed by atoms with Gasteiger partial charge in [-0.2, -0.15) is 0 Å². The first-order valence-corrected chi connectivity index (χ1v) is 7.21. The number of halogens is 1. The van der Waals surface area contributed by atoms with Crippen molar-refractivity contribution in [1.82, 2.24) is 10.3 Å². The summed E-state index contributed by atoms with van der Waals surface area (Å²) in [6.45, 7) is 0.926. The molecule has 6 nitrogen and oxygen atoms in total. The normalized spacial score (nSPS) is 15.0. The molecule has 2 amide bonds. The molecule has 0 radical (unpaired) electrons. The van der Waals surface area contributed by atoms with Crippen LogP contribution >= 0.6 is 11.3 Å². The van der Waals surface area contributed by atoms with Gasteiger partial charge in [-0.05, 0) is 18.2 Å². The molecule has 1 aliphatic heterocycles. The third-order valence-corrected chi connectivity index (χ3v) is 4.38. The van der Waals surface area contributed by atoms with Gasteiger partial charge in [0.05, 0.1) is 22.7 Å². The van der Waals surface area contributed by atoms with Crippen LogP contribution in [0.1, 0.15) is 0 Å². The van der Waals surface area contributed by atoms with Crippen LogP contribution in [0.2, 0.25) is 0 Å². The SMILES string of the molecule is NC(=O)CNC(=O)C1CN(c2nc3ccc(F)cc3s2)C1. The largest absolute Gasteiger partial charge is 0.368 e. The molecule has 3 N–H and O–H groups in total. The predicted octanol–water partition coefficient (Wildman–Crippen LogP) is 0.473. The molecule has 8 heteroatoms. The summed E-state index contributed by atoms with van der Waals surface area (Å²) < 4.78 is 13.9. The Bertz CT molecular complexity index is 711. The van der Waals surface area contributed by atoms with Gasteiger partial charge >= 0.3 is 0 Å². The second-order valence-electron chi connectivity index (χ2n) is 4.89. The number of hydrogen-bond acceptors (Lipinski definition) is 5. The number of carbonyl (C=O) groups is 2. The van der Waals surface area contributed by atoms with Gasteiger partial charge in [-0.25, -0.2) is 9.37 Å². The van der Waals surface area contributed by atoms with Crippen LogP contribution in [0.4, 0.5) is 9.52 Å². The standard InChI is InChI=1S/C13H13FN4O2S/c14-8-1-2-9-10(3-8)21-13(17-9)18-5-7(6-18)12(20)16-4-11(15)19/h1-3,7H,4-6H2,(H2,15,19)(H,16,20). The van der Waals surface area contributed by atoms with E-state index in [0.29, 0.717) is 13.1 Å². The van der Waals surface area contributed by atoms with Crippen molar-refractivity contribution < 1.29 is 14.0 Å². The predicted molar refractivity (Wildman–Crippen MR) is 77.5 cm³/mol. The number of benzene rings is 1. The molecule has 110 valence electrons. The fourth-order valence-electron chi connectivity index (χ4n) is 2.14. The monoisotopic (exact) mass is 308 g/mol. The van der Waals surface area contributed by atoms with Gasteiger partial charge in [0.25, 0.3) is 0 Å². The van der Waals surface area contributed by atoms with Crippen LogP contribution in [0, 0.1) is 11.7 Å². The third kappa shape index (κ3) is 2.80. The number of primary amides is 1. The number of aromatic nitrogens is 1. The molecule has 1 aromatic carbocycles. The van der Waals surface area contributed by atoms with E-state index in [-0.39, 0.29) is 24.2 Å². The summed E-state index contributed by atoms with van der Waals surface area (Å²) >= 11 is 1.40. The highest BCUT2D eigenvalue weighted by Gasteiger charge is 2.34. The van der Waals surface area contributed by atoms with Crippen molar-refractivity contribution in [3.05, 3.63) is 24.0 Å². The van der Waals surface area contributed by atoms with Crippen molar-refractivity contribution >= 4 is 38.5 Å². The van der Waals surface area contributed by atoms with Gasteiger partial charge < -0.3 is 16.0 Å². The molecule has 1 aromatic heterocycles. The Kier molecular flexibility index (Phi) is 3.46. The Hall–Kier alpha value is -2.22. The molecule has 0 unspecified atom stereocenters. The maximum atomic E-state index is 13.1.